The number of nitriles is 2. The number of aromatic nitrogens is 4. The standard InChI is InChI=1S/C15H10N6O/c1-10-4-2-3-5-11(10)15-19-14(20-22-15)8-21-9-18-12(6-16)13(21)7-17/h2-5,9H,8H2,1H3. The van der Waals surface area contributed by atoms with Crippen LogP contribution in [0.3, 0.4) is 0 Å². The number of nitrogens with zero attached hydrogens (tertiary/aromatic N) is 6. The Labute approximate surface area is 126 Å². The average Bonchev–Trinajstić information content (AvgIpc) is 3.14. The second-order valence-electron chi connectivity index (χ2n) is 4.62. The summed E-state index contributed by atoms with van der Waals surface area (Å²) in [7, 11) is 0. The van der Waals surface area contributed by atoms with E-state index in [2.05, 4.69) is 15.1 Å². The molecule has 0 N–H and O–H groups in total. The van der Waals surface area contributed by atoms with Gasteiger partial charge in [-0.3, -0.25) is 0 Å². The molecular formula is C15H10N6O. The van der Waals surface area contributed by atoms with E-state index in [0.717, 1.165) is 11.1 Å². The van der Waals surface area contributed by atoms with Crippen molar-refractivity contribution in [1.82, 2.24) is 19.7 Å². The molecule has 0 saturated carbocycles. The van der Waals surface area contributed by atoms with Crippen molar-refractivity contribution in [1.29, 1.82) is 10.5 Å². The summed E-state index contributed by atoms with van der Waals surface area (Å²) in [6.07, 6.45) is 1.42. The van der Waals surface area contributed by atoms with E-state index in [1.165, 1.54) is 10.9 Å². The zero-order valence-electron chi connectivity index (χ0n) is 11.7. The van der Waals surface area contributed by atoms with Crippen molar-refractivity contribution in [2.75, 3.05) is 0 Å². The average molecular weight is 290 g/mol. The second kappa shape index (κ2) is 5.51. The number of hydrogen-bond donors (Lipinski definition) is 0. The molecule has 0 aliphatic heterocycles. The third kappa shape index (κ3) is 2.32. The van der Waals surface area contributed by atoms with Gasteiger partial charge in [-0.15, -0.1) is 0 Å². The lowest BCUT2D eigenvalue weighted by Gasteiger charge is -1.99. The van der Waals surface area contributed by atoms with Crippen molar-refractivity contribution in [3.05, 3.63) is 53.4 Å². The maximum absolute atomic E-state index is 9.09. The minimum Gasteiger partial charge on any atom is -0.334 e. The van der Waals surface area contributed by atoms with Crippen LogP contribution in [0.25, 0.3) is 11.5 Å². The minimum atomic E-state index is 0.0881. The van der Waals surface area contributed by atoms with Crippen molar-refractivity contribution < 1.29 is 4.52 Å². The Morgan fingerprint density at radius 1 is 1.23 bits per heavy atom. The molecule has 7 nitrogen and oxygen atoms in total. The molecule has 106 valence electrons. The third-order valence-electron chi connectivity index (χ3n) is 3.20. The third-order valence-corrected chi connectivity index (χ3v) is 3.20. The lowest BCUT2D eigenvalue weighted by molar-refractivity contribution is 0.420. The van der Waals surface area contributed by atoms with Gasteiger partial charge < -0.3 is 9.09 Å². The Bertz CT molecular complexity index is 909. The van der Waals surface area contributed by atoms with Crippen molar-refractivity contribution in [3.63, 3.8) is 0 Å². The molecule has 0 saturated heterocycles. The Hall–Kier alpha value is -3.45. The van der Waals surface area contributed by atoms with Crippen LogP contribution in [0, 0.1) is 29.6 Å². The van der Waals surface area contributed by atoms with Crippen LogP contribution < -0.4 is 0 Å². The molecule has 0 aliphatic carbocycles. The molecule has 1 aromatic carbocycles. The fourth-order valence-corrected chi connectivity index (χ4v) is 2.09. The smallest absolute Gasteiger partial charge is 0.258 e. The number of hydrogen-bond acceptors (Lipinski definition) is 6. The zero-order chi connectivity index (χ0) is 15.5. The van der Waals surface area contributed by atoms with E-state index in [9.17, 15) is 0 Å². The summed E-state index contributed by atoms with van der Waals surface area (Å²) in [5, 5.41) is 21.9. The van der Waals surface area contributed by atoms with Crippen LogP contribution >= 0.6 is 0 Å². The van der Waals surface area contributed by atoms with E-state index in [1.807, 2.05) is 43.3 Å². The van der Waals surface area contributed by atoms with E-state index in [0.29, 0.717) is 11.7 Å². The molecular weight excluding hydrogens is 280 g/mol. The molecule has 0 unspecified atom stereocenters. The first-order valence-electron chi connectivity index (χ1n) is 6.47. The number of rotatable bonds is 3. The van der Waals surface area contributed by atoms with Gasteiger partial charge in [0.15, 0.2) is 17.2 Å². The molecule has 0 aliphatic rings. The maximum Gasteiger partial charge on any atom is 0.258 e. The van der Waals surface area contributed by atoms with Crippen LogP contribution in [-0.2, 0) is 6.54 Å². The first kappa shape index (κ1) is 13.5. The molecule has 7 heteroatoms. The largest absolute Gasteiger partial charge is 0.334 e. The predicted octanol–water partition coefficient (Wildman–Crippen LogP) is 2.03. The molecule has 0 amide bonds. The van der Waals surface area contributed by atoms with Gasteiger partial charge in [0.25, 0.3) is 5.89 Å². The summed E-state index contributed by atoms with van der Waals surface area (Å²) in [5.41, 5.74) is 2.17. The van der Waals surface area contributed by atoms with Gasteiger partial charge in [0.05, 0.1) is 12.9 Å². The number of imidazole rings is 1. The van der Waals surface area contributed by atoms with Crippen molar-refractivity contribution in [2.24, 2.45) is 0 Å². The molecule has 0 radical (unpaired) electrons. The van der Waals surface area contributed by atoms with Gasteiger partial charge in [-0.25, -0.2) is 4.98 Å². The van der Waals surface area contributed by atoms with E-state index < -0.39 is 0 Å². The van der Waals surface area contributed by atoms with Crippen LogP contribution in [-0.4, -0.2) is 19.7 Å². The summed E-state index contributed by atoms with van der Waals surface area (Å²) in [4.78, 5) is 8.20. The van der Waals surface area contributed by atoms with E-state index >= 15 is 0 Å². The molecule has 0 atom stereocenters. The molecule has 0 bridgehead atoms. The lowest BCUT2D eigenvalue weighted by atomic mass is 10.1. The minimum absolute atomic E-state index is 0.0881. The molecule has 0 spiro atoms. The summed E-state index contributed by atoms with van der Waals surface area (Å²) >= 11 is 0. The lowest BCUT2D eigenvalue weighted by Crippen LogP contribution is -2.03. The number of aryl methyl sites for hydroxylation is 1. The fourth-order valence-electron chi connectivity index (χ4n) is 2.09. The maximum atomic E-state index is 9.09. The summed E-state index contributed by atoms with van der Waals surface area (Å²) in [6.45, 7) is 2.18. The monoisotopic (exact) mass is 290 g/mol. The highest BCUT2D eigenvalue weighted by Gasteiger charge is 2.14. The quantitative estimate of drug-likeness (QED) is 0.731. The Morgan fingerprint density at radius 2 is 2.05 bits per heavy atom. The van der Waals surface area contributed by atoms with Gasteiger partial charge in [-0.1, -0.05) is 23.4 Å². The molecule has 3 aromatic rings. The highest BCUT2D eigenvalue weighted by Crippen LogP contribution is 2.21. The second-order valence-corrected chi connectivity index (χ2v) is 4.62. The van der Waals surface area contributed by atoms with Crippen LogP contribution in [0.1, 0.15) is 22.8 Å². The molecule has 22 heavy (non-hydrogen) atoms. The Kier molecular flexibility index (Phi) is 3.39. The molecule has 3 rings (SSSR count). The molecule has 2 heterocycles. The van der Waals surface area contributed by atoms with Crippen molar-refractivity contribution in [2.45, 2.75) is 13.5 Å². The van der Waals surface area contributed by atoms with Gasteiger partial charge in [-0.05, 0) is 18.6 Å². The number of benzene rings is 1. The van der Waals surface area contributed by atoms with Gasteiger partial charge in [0.2, 0.25) is 0 Å². The topological polar surface area (TPSA) is 104 Å². The van der Waals surface area contributed by atoms with E-state index in [1.54, 1.807) is 0 Å². The van der Waals surface area contributed by atoms with Crippen LogP contribution in [0.5, 0.6) is 0 Å². The highest BCUT2D eigenvalue weighted by atomic mass is 16.5. The van der Waals surface area contributed by atoms with Crippen molar-refractivity contribution >= 4 is 0 Å². The van der Waals surface area contributed by atoms with Gasteiger partial charge >= 0.3 is 0 Å². The molecule has 2 aromatic heterocycles. The fraction of sp³-hybridized carbons (Fsp3) is 0.133. The van der Waals surface area contributed by atoms with Gasteiger partial charge in [0.1, 0.15) is 12.1 Å². The van der Waals surface area contributed by atoms with Gasteiger partial charge in [-0.2, -0.15) is 15.5 Å². The van der Waals surface area contributed by atoms with Crippen LogP contribution in [0.2, 0.25) is 0 Å². The van der Waals surface area contributed by atoms with Crippen LogP contribution in [0.4, 0.5) is 0 Å². The summed E-state index contributed by atoms with van der Waals surface area (Å²) in [5.74, 6) is 0.837. The Morgan fingerprint density at radius 3 is 2.77 bits per heavy atom. The summed E-state index contributed by atoms with van der Waals surface area (Å²) in [6, 6.07) is 11.5. The predicted molar refractivity (Wildman–Crippen MR) is 75.2 cm³/mol. The normalized spacial score (nSPS) is 10.1. The molecule has 0 fully saturated rings. The summed E-state index contributed by atoms with van der Waals surface area (Å²) < 4.78 is 6.79. The first-order valence-corrected chi connectivity index (χ1v) is 6.47. The Balaban J connectivity index is 1.90. The first-order chi connectivity index (χ1) is 10.7. The van der Waals surface area contributed by atoms with Crippen molar-refractivity contribution in [3.8, 4) is 23.6 Å². The van der Waals surface area contributed by atoms with Crippen LogP contribution in [0.15, 0.2) is 35.1 Å². The van der Waals surface area contributed by atoms with Gasteiger partial charge in [0, 0.05) is 5.56 Å². The SMILES string of the molecule is Cc1ccccc1-c1nc(Cn2cnc(C#N)c2C#N)no1. The van der Waals surface area contributed by atoms with E-state index in [4.69, 9.17) is 15.0 Å². The van der Waals surface area contributed by atoms with E-state index in [-0.39, 0.29) is 17.9 Å². The highest BCUT2D eigenvalue weighted by molar-refractivity contribution is 5.57. The zero-order valence-corrected chi connectivity index (χ0v) is 11.7.